The number of aliphatic hydroxyl groups excluding tert-OH is 1. The van der Waals surface area contributed by atoms with Crippen LogP contribution in [0.25, 0.3) is 0 Å². The number of unbranched alkanes of at least 4 members (excludes halogenated alkanes) is 3. The van der Waals surface area contributed by atoms with E-state index in [9.17, 15) is 5.11 Å². The fourth-order valence-electron chi connectivity index (χ4n) is 1.59. The second-order valence-electron chi connectivity index (χ2n) is 4.63. The first kappa shape index (κ1) is 19.8. The molecule has 0 aromatic rings. The number of halogens is 2. The van der Waals surface area contributed by atoms with Crippen LogP contribution in [0.1, 0.15) is 44.9 Å². The smallest absolute Gasteiger partial charge is 0.0773 e. The molecule has 1 atom stereocenters. The van der Waals surface area contributed by atoms with Gasteiger partial charge in [0.2, 0.25) is 0 Å². The molecule has 0 aliphatic carbocycles. The van der Waals surface area contributed by atoms with Crippen molar-refractivity contribution in [1.82, 2.24) is 0 Å². The number of hydrogen-bond donors (Lipinski definition) is 1. The number of hydrogen-bond acceptors (Lipinski definition) is 3. The second kappa shape index (κ2) is 16.9. The molecule has 1 N–H and O–H groups in total. The van der Waals surface area contributed by atoms with Gasteiger partial charge in [0.05, 0.1) is 12.7 Å². The van der Waals surface area contributed by atoms with Gasteiger partial charge in [0.25, 0.3) is 0 Å². The zero-order chi connectivity index (χ0) is 14.2. The molecule has 0 aliphatic rings. The first-order valence-electron chi connectivity index (χ1n) is 7.26. The van der Waals surface area contributed by atoms with Gasteiger partial charge in [0, 0.05) is 30.5 Å². The van der Waals surface area contributed by atoms with Crippen molar-refractivity contribution in [2.24, 2.45) is 0 Å². The molecule has 116 valence electrons. The highest BCUT2D eigenvalue weighted by Gasteiger charge is 2.03. The molecule has 0 heterocycles. The molecule has 0 aromatic carbocycles. The number of aliphatic hydroxyl groups is 1. The van der Waals surface area contributed by atoms with Gasteiger partial charge in [-0.15, -0.1) is 0 Å². The minimum absolute atomic E-state index is 0.322. The Morgan fingerprint density at radius 1 is 0.737 bits per heavy atom. The summed E-state index contributed by atoms with van der Waals surface area (Å²) >= 11 is 6.78. The van der Waals surface area contributed by atoms with Gasteiger partial charge < -0.3 is 14.6 Å². The Bertz CT molecular complexity index is 171. The van der Waals surface area contributed by atoms with Crippen LogP contribution in [0.3, 0.4) is 0 Å². The summed E-state index contributed by atoms with van der Waals surface area (Å²) in [7, 11) is 0. The molecule has 0 aliphatic heterocycles. The molecule has 1 unspecified atom stereocenters. The molecular formula is C14H28Br2O3. The first-order chi connectivity index (χ1) is 9.31. The molecule has 19 heavy (non-hydrogen) atoms. The third kappa shape index (κ3) is 16.8. The summed E-state index contributed by atoms with van der Waals surface area (Å²) < 4.78 is 10.9. The molecule has 5 heteroatoms. The lowest BCUT2D eigenvalue weighted by molar-refractivity contribution is 0.0288. The van der Waals surface area contributed by atoms with Crippen molar-refractivity contribution in [1.29, 1.82) is 0 Å². The van der Waals surface area contributed by atoms with Crippen molar-refractivity contribution < 1.29 is 14.6 Å². The van der Waals surface area contributed by atoms with E-state index in [1.165, 1.54) is 6.42 Å². The lowest BCUT2D eigenvalue weighted by atomic mass is 10.2. The Kier molecular flexibility index (Phi) is 17.6. The molecule has 0 amide bonds. The van der Waals surface area contributed by atoms with Crippen molar-refractivity contribution in [3.05, 3.63) is 0 Å². The zero-order valence-corrected chi connectivity index (χ0v) is 15.0. The third-order valence-electron chi connectivity index (χ3n) is 2.73. The average Bonchev–Trinajstić information content (AvgIpc) is 2.41. The van der Waals surface area contributed by atoms with E-state index in [4.69, 9.17) is 9.47 Å². The Morgan fingerprint density at radius 2 is 1.26 bits per heavy atom. The van der Waals surface area contributed by atoms with Gasteiger partial charge >= 0.3 is 0 Å². The highest BCUT2D eigenvalue weighted by atomic mass is 79.9. The lowest BCUT2D eigenvalue weighted by Crippen LogP contribution is -2.16. The first-order valence-corrected chi connectivity index (χ1v) is 9.51. The Hall–Kier alpha value is 0.840. The van der Waals surface area contributed by atoms with Crippen molar-refractivity contribution in [2.75, 3.05) is 37.1 Å². The van der Waals surface area contributed by atoms with Gasteiger partial charge in [0.15, 0.2) is 0 Å². The number of rotatable bonds is 15. The van der Waals surface area contributed by atoms with Crippen LogP contribution in [0, 0.1) is 0 Å². The molecule has 3 nitrogen and oxygen atoms in total. The third-order valence-corrected chi connectivity index (χ3v) is 3.85. The standard InChI is InChI=1S/C14H28Br2O3/c15-8-2-5-11-18-10-4-1-7-14(17)13-19-12-6-3-9-16/h14,17H,1-13H2. The average molecular weight is 404 g/mol. The summed E-state index contributed by atoms with van der Waals surface area (Å²) in [6, 6.07) is 0. The lowest BCUT2D eigenvalue weighted by Gasteiger charge is -2.11. The van der Waals surface area contributed by atoms with E-state index in [0.29, 0.717) is 6.61 Å². The maximum absolute atomic E-state index is 9.70. The van der Waals surface area contributed by atoms with E-state index in [1.54, 1.807) is 0 Å². The maximum Gasteiger partial charge on any atom is 0.0773 e. The van der Waals surface area contributed by atoms with Gasteiger partial charge in [-0.1, -0.05) is 31.9 Å². The predicted octanol–water partition coefficient (Wildman–Crippen LogP) is 3.90. The molecule has 0 aromatic heterocycles. The monoisotopic (exact) mass is 402 g/mol. The molecule has 0 radical (unpaired) electrons. The van der Waals surface area contributed by atoms with E-state index in [-0.39, 0.29) is 6.10 Å². The van der Waals surface area contributed by atoms with E-state index in [2.05, 4.69) is 31.9 Å². The number of alkyl halides is 2. The molecule has 0 rings (SSSR count). The molecule has 0 fully saturated rings. The van der Waals surface area contributed by atoms with Crippen LogP contribution in [-0.2, 0) is 9.47 Å². The normalized spacial score (nSPS) is 12.8. The van der Waals surface area contributed by atoms with Crippen molar-refractivity contribution in [3.63, 3.8) is 0 Å². The van der Waals surface area contributed by atoms with Crippen LogP contribution in [0.5, 0.6) is 0 Å². The molecule has 0 saturated carbocycles. The topological polar surface area (TPSA) is 38.7 Å². The zero-order valence-electron chi connectivity index (χ0n) is 11.8. The largest absolute Gasteiger partial charge is 0.391 e. The fraction of sp³-hybridized carbons (Fsp3) is 1.00. The summed E-state index contributed by atoms with van der Waals surface area (Å²) in [5, 5.41) is 11.8. The summed E-state index contributed by atoms with van der Waals surface area (Å²) in [6.07, 6.45) is 6.99. The van der Waals surface area contributed by atoms with E-state index < -0.39 is 0 Å². The Balaban J connectivity index is 3.09. The van der Waals surface area contributed by atoms with Crippen LogP contribution >= 0.6 is 31.9 Å². The predicted molar refractivity (Wildman–Crippen MR) is 87.6 cm³/mol. The van der Waals surface area contributed by atoms with Gasteiger partial charge in [-0.3, -0.25) is 0 Å². The summed E-state index contributed by atoms with van der Waals surface area (Å²) in [5.74, 6) is 0. The van der Waals surface area contributed by atoms with Gasteiger partial charge in [0.1, 0.15) is 0 Å². The minimum atomic E-state index is -0.322. The summed E-state index contributed by atoms with van der Waals surface area (Å²) in [5.41, 5.74) is 0. The fourth-order valence-corrected chi connectivity index (χ4v) is 2.38. The van der Waals surface area contributed by atoms with Crippen molar-refractivity contribution in [3.8, 4) is 0 Å². The second-order valence-corrected chi connectivity index (χ2v) is 6.22. The molecule has 0 bridgehead atoms. The van der Waals surface area contributed by atoms with E-state index >= 15 is 0 Å². The summed E-state index contributed by atoms with van der Waals surface area (Å²) in [4.78, 5) is 0. The van der Waals surface area contributed by atoms with Crippen molar-refractivity contribution >= 4 is 31.9 Å². The van der Waals surface area contributed by atoms with Crippen LogP contribution in [-0.4, -0.2) is 48.3 Å². The van der Waals surface area contributed by atoms with Crippen LogP contribution < -0.4 is 0 Å². The van der Waals surface area contributed by atoms with Gasteiger partial charge in [-0.25, -0.2) is 0 Å². The highest BCUT2D eigenvalue weighted by Crippen LogP contribution is 2.03. The van der Waals surface area contributed by atoms with E-state index in [1.807, 2.05) is 0 Å². The van der Waals surface area contributed by atoms with E-state index in [0.717, 1.165) is 69.0 Å². The van der Waals surface area contributed by atoms with Gasteiger partial charge in [-0.05, 0) is 44.9 Å². The van der Waals surface area contributed by atoms with Crippen LogP contribution in [0.4, 0.5) is 0 Å². The Labute approximate surface area is 134 Å². The van der Waals surface area contributed by atoms with Crippen LogP contribution in [0.15, 0.2) is 0 Å². The Morgan fingerprint density at radius 3 is 1.84 bits per heavy atom. The summed E-state index contributed by atoms with van der Waals surface area (Å²) in [6.45, 7) is 2.87. The van der Waals surface area contributed by atoms with Crippen LogP contribution in [0.2, 0.25) is 0 Å². The maximum atomic E-state index is 9.70. The van der Waals surface area contributed by atoms with Crippen molar-refractivity contribution in [2.45, 2.75) is 51.0 Å². The molecule has 0 spiro atoms. The SMILES string of the molecule is OC(CCCCOCCCCBr)COCCCCBr. The molecule has 0 saturated heterocycles. The minimum Gasteiger partial charge on any atom is -0.391 e. The highest BCUT2D eigenvalue weighted by molar-refractivity contribution is 9.09. The quantitative estimate of drug-likeness (QED) is 0.333. The molecular weight excluding hydrogens is 376 g/mol. The van der Waals surface area contributed by atoms with Gasteiger partial charge in [-0.2, -0.15) is 0 Å². The number of ether oxygens (including phenoxy) is 2.